The summed E-state index contributed by atoms with van der Waals surface area (Å²) >= 11 is 0. The number of hydrogen-bond donors (Lipinski definition) is 2. The van der Waals surface area contributed by atoms with Crippen LogP contribution in [0.15, 0.2) is 33.5 Å². The number of fused-ring (bicyclic) bond motifs is 1. The molecule has 0 saturated heterocycles. The highest BCUT2D eigenvalue weighted by molar-refractivity contribution is 5.89. The van der Waals surface area contributed by atoms with Gasteiger partial charge in [-0.25, -0.2) is 9.59 Å². The summed E-state index contributed by atoms with van der Waals surface area (Å²) in [6.07, 6.45) is -0.538. The standard InChI is InChI=1S/C17H22N2O4/c1-4-22-17(21)19-13-5-6-14-12(10-18-9-11(2)3)7-16(20)23-15(14)8-13/h5-8,11,18H,4,9-10H2,1-3H3,(H,19,21). The summed E-state index contributed by atoms with van der Waals surface area (Å²) in [6.45, 7) is 7.72. The van der Waals surface area contributed by atoms with E-state index in [-0.39, 0.29) is 0 Å². The van der Waals surface area contributed by atoms with E-state index in [1.807, 2.05) is 6.07 Å². The van der Waals surface area contributed by atoms with Crippen LogP contribution in [0.1, 0.15) is 26.3 Å². The van der Waals surface area contributed by atoms with Crippen molar-refractivity contribution in [3.05, 3.63) is 40.2 Å². The van der Waals surface area contributed by atoms with Crippen LogP contribution in [-0.4, -0.2) is 19.2 Å². The van der Waals surface area contributed by atoms with Gasteiger partial charge >= 0.3 is 11.7 Å². The van der Waals surface area contributed by atoms with Gasteiger partial charge in [-0.1, -0.05) is 13.8 Å². The second-order valence-corrected chi connectivity index (χ2v) is 5.67. The van der Waals surface area contributed by atoms with Crippen LogP contribution in [0.2, 0.25) is 0 Å². The molecule has 1 aromatic carbocycles. The van der Waals surface area contributed by atoms with Crippen LogP contribution in [0.4, 0.5) is 10.5 Å². The smallest absolute Gasteiger partial charge is 0.411 e. The lowest BCUT2D eigenvalue weighted by molar-refractivity contribution is 0.168. The van der Waals surface area contributed by atoms with Gasteiger partial charge in [-0.2, -0.15) is 0 Å². The minimum atomic E-state index is -0.538. The van der Waals surface area contributed by atoms with Crippen LogP contribution >= 0.6 is 0 Å². The third kappa shape index (κ3) is 4.82. The molecule has 6 nitrogen and oxygen atoms in total. The molecule has 0 atom stereocenters. The summed E-state index contributed by atoms with van der Waals surface area (Å²) < 4.78 is 10.1. The fourth-order valence-corrected chi connectivity index (χ4v) is 2.23. The van der Waals surface area contributed by atoms with Crippen molar-refractivity contribution >= 4 is 22.7 Å². The lowest BCUT2D eigenvalue weighted by atomic mass is 10.1. The maximum Gasteiger partial charge on any atom is 0.411 e. The highest BCUT2D eigenvalue weighted by Crippen LogP contribution is 2.21. The van der Waals surface area contributed by atoms with Crippen molar-refractivity contribution in [2.75, 3.05) is 18.5 Å². The molecule has 2 aromatic rings. The van der Waals surface area contributed by atoms with Crippen molar-refractivity contribution in [3.63, 3.8) is 0 Å². The summed E-state index contributed by atoms with van der Waals surface area (Å²) in [6, 6.07) is 6.70. The number of benzene rings is 1. The molecule has 0 aliphatic rings. The van der Waals surface area contributed by atoms with Crippen molar-refractivity contribution in [3.8, 4) is 0 Å². The van der Waals surface area contributed by atoms with Gasteiger partial charge in [-0.3, -0.25) is 5.32 Å². The third-order valence-electron chi connectivity index (χ3n) is 3.22. The fourth-order valence-electron chi connectivity index (χ4n) is 2.23. The second-order valence-electron chi connectivity index (χ2n) is 5.67. The Morgan fingerprint density at radius 2 is 2.09 bits per heavy atom. The largest absolute Gasteiger partial charge is 0.450 e. The summed E-state index contributed by atoms with van der Waals surface area (Å²) in [5.74, 6) is 0.529. The lowest BCUT2D eigenvalue weighted by Gasteiger charge is -2.10. The summed E-state index contributed by atoms with van der Waals surface area (Å²) in [7, 11) is 0. The highest BCUT2D eigenvalue weighted by atomic mass is 16.5. The number of rotatable bonds is 6. The molecule has 0 aliphatic carbocycles. The van der Waals surface area contributed by atoms with E-state index in [0.717, 1.165) is 17.5 Å². The predicted octanol–water partition coefficient (Wildman–Crippen LogP) is 3.11. The second kappa shape index (κ2) is 7.78. The van der Waals surface area contributed by atoms with E-state index in [1.165, 1.54) is 6.07 Å². The average molecular weight is 318 g/mol. The molecule has 2 rings (SSSR count). The van der Waals surface area contributed by atoms with E-state index in [4.69, 9.17) is 9.15 Å². The number of carbonyl (C=O) groups excluding carboxylic acids is 1. The number of ether oxygens (including phenoxy) is 1. The average Bonchev–Trinajstić information content (AvgIpc) is 2.46. The van der Waals surface area contributed by atoms with Gasteiger partial charge in [0.05, 0.1) is 6.61 Å². The monoisotopic (exact) mass is 318 g/mol. The van der Waals surface area contributed by atoms with E-state index in [2.05, 4.69) is 24.5 Å². The maximum atomic E-state index is 11.7. The fraction of sp³-hybridized carbons (Fsp3) is 0.412. The van der Waals surface area contributed by atoms with Gasteiger partial charge in [0.1, 0.15) is 5.58 Å². The van der Waals surface area contributed by atoms with Gasteiger partial charge < -0.3 is 14.5 Å². The van der Waals surface area contributed by atoms with Gasteiger partial charge in [-0.15, -0.1) is 0 Å². The molecule has 0 saturated carbocycles. The number of anilines is 1. The molecule has 0 spiro atoms. The summed E-state index contributed by atoms with van der Waals surface area (Å²) in [5.41, 5.74) is 1.42. The van der Waals surface area contributed by atoms with Crippen LogP contribution in [-0.2, 0) is 11.3 Å². The van der Waals surface area contributed by atoms with Crippen LogP contribution in [0, 0.1) is 5.92 Å². The van der Waals surface area contributed by atoms with Crippen LogP contribution < -0.4 is 16.3 Å². The Morgan fingerprint density at radius 1 is 1.30 bits per heavy atom. The first-order valence-corrected chi connectivity index (χ1v) is 7.71. The number of hydrogen-bond acceptors (Lipinski definition) is 5. The van der Waals surface area contributed by atoms with Crippen molar-refractivity contribution < 1.29 is 13.9 Å². The SMILES string of the molecule is CCOC(=O)Nc1ccc2c(CNCC(C)C)cc(=O)oc2c1. The Kier molecular flexibility index (Phi) is 5.76. The molecule has 2 N–H and O–H groups in total. The van der Waals surface area contributed by atoms with Crippen LogP contribution in [0.5, 0.6) is 0 Å². The van der Waals surface area contributed by atoms with Gasteiger partial charge in [0.25, 0.3) is 0 Å². The third-order valence-corrected chi connectivity index (χ3v) is 3.22. The lowest BCUT2D eigenvalue weighted by Crippen LogP contribution is -2.20. The molecule has 124 valence electrons. The number of amides is 1. The number of nitrogens with one attached hydrogen (secondary N) is 2. The molecule has 0 unspecified atom stereocenters. The summed E-state index contributed by atoms with van der Waals surface area (Å²) in [4.78, 5) is 23.2. The van der Waals surface area contributed by atoms with Gasteiger partial charge in [-0.05, 0) is 37.1 Å². The summed E-state index contributed by atoms with van der Waals surface area (Å²) in [5, 5.41) is 6.75. The molecule has 23 heavy (non-hydrogen) atoms. The molecule has 1 heterocycles. The Bertz CT molecular complexity index is 737. The zero-order chi connectivity index (χ0) is 16.8. The first-order valence-electron chi connectivity index (χ1n) is 7.71. The van der Waals surface area contributed by atoms with Crippen molar-refractivity contribution in [2.45, 2.75) is 27.3 Å². The molecule has 0 fully saturated rings. The molecule has 0 radical (unpaired) electrons. The van der Waals surface area contributed by atoms with E-state index in [0.29, 0.717) is 30.3 Å². The predicted molar refractivity (Wildman–Crippen MR) is 89.7 cm³/mol. The molecular formula is C17H22N2O4. The number of carbonyl (C=O) groups is 1. The zero-order valence-electron chi connectivity index (χ0n) is 13.6. The minimum Gasteiger partial charge on any atom is -0.450 e. The van der Waals surface area contributed by atoms with Gasteiger partial charge in [0.2, 0.25) is 0 Å². The molecule has 1 aromatic heterocycles. The molecule has 6 heteroatoms. The molecular weight excluding hydrogens is 296 g/mol. The molecule has 1 amide bonds. The minimum absolute atomic E-state index is 0.292. The first-order chi connectivity index (χ1) is 11.0. The Labute approximate surface area is 134 Å². The molecule has 0 aliphatic heterocycles. The van der Waals surface area contributed by atoms with Crippen molar-refractivity contribution in [1.29, 1.82) is 0 Å². The quantitative estimate of drug-likeness (QED) is 0.800. The van der Waals surface area contributed by atoms with Crippen molar-refractivity contribution in [1.82, 2.24) is 5.32 Å². The Balaban J connectivity index is 2.25. The van der Waals surface area contributed by atoms with Crippen LogP contribution in [0.3, 0.4) is 0 Å². The van der Waals surface area contributed by atoms with Gasteiger partial charge in [0.15, 0.2) is 0 Å². The maximum absolute atomic E-state index is 11.7. The Morgan fingerprint density at radius 3 is 2.78 bits per heavy atom. The molecule has 0 bridgehead atoms. The zero-order valence-corrected chi connectivity index (χ0v) is 13.6. The van der Waals surface area contributed by atoms with Crippen molar-refractivity contribution in [2.24, 2.45) is 5.92 Å². The van der Waals surface area contributed by atoms with E-state index >= 15 is 0 Å². The normalized spacial score (nSPS) is 11.0. The van der Waals surface area contributed by atoms with E-state index < -0.39 is 11.7 Å². The van der Waals surface area contributed by atoms with Crippen LogP contribution in [0.25, 0.3) is 11.0 Å². The Hall–Kier alpha value is -2.34. The topological polar surface area (TPSA) is 80.6 Å². The van der Waals surface area contributed by atoms with E-state index in [9.17, 15) is 9.59 Å². The first kappa shape index (κ1) is 17.0. The van der Waals surface area contributed by atoms with E-state index in [1.54, 1.807) is 19.1 Å². The van der Waals surface area contributed by atoms with Gasteiger partial charge in [0, 0.05) is 29.8 Å². The highest BCUT2D eigenvalue weighted by Gasteiger charge is 2.08.